The number of carboxylic acids is 1. The van der Waals surface area contributed by atoms with Gasteiger partial charge in [-0.3, -0.25) is 0 Å². The van der Waals surface area contributed by atoms with Gasteiger partial charge in [-0.15, -0.1) is 0 Å². The Labute approximate surface area is 75.5 Å². The molecule has 0 unspecified atom stereocenters. The maximum Gasteiger partial charge on any atom is 0.328 e. The molecule has 10 heavy (non-hydrogen) atoms. The third-order valence-electron chi connectivity index (χ3n) is 0.967. The highest BCUT2D eigenvalue weighted by Crippen LogP contribution is 2.20. The zero-order chi connectivity index (χ0) is 8.36. The Morgan fingerprint density at radius 3 is 2.00 bits per heavy atom. The summed E-state index contributed by atoms with van der Waals surface area (Å²) in [5.74, 6) is -0.841. The van der Waals surface area contributed by atoms with Crippen LogP contribution in [0.25, 0.3) is 0 Å². The van der Waals surface area contributed by atoms with E-state index >= 15 is 0 Å². The molecular formula is C6H11IO2Si. The second kappa shape index (κ2) is 3.52. The van der Waals surface area contributed by atoms with Crippen LogP contribution in [0.2, 0.25) is 19.6 Å². The van der Waals surface area contributed by atoms with Gasteiger partial charge in [-0.05, 0) is 3.20 Å². The molecule has 0 radical (unpaired) electrons. The minimum atomic E-state index is -1.36. The molecule has 0 amide bonds. The first-order valence-electron chi connectivity index (χ1n) is 2.94. The fraction of sp³-hybridized carbons (Fsp3) is 0.500. The lowest BCUT2D eigenvalue weighted by Crippen LogP contribution is -2.21. The minimum absolute atomic E-state index is 0.841. The van der Waals surface area contributed by atoms with Crippen LogP contribution in [-0.2, 0) is 4.79 Å². The van der Waals surface area contributed by atoms with Crippen molar-refractivity contribution in [3.8, 4) is 0 Å². The second-order valence-corrected chi connectivity index (χ2v) is 10.3. The number of halogens is 1. The molecule has 0 aliphatic heterocycles. The average Bonchev–Trinajstić information content (AvgIpc) is 1.60. The summed E-state index contributed by atoms with van der Waals surface area (Å²) < 4.78 is 0.998. The van der Waals surface area contributed by atoms with Gasteiger partial charge in [-0.25, -0.2) is 4.79 Å². The molecule has 0 aliphatic rings. The normalized spacial score (nSPS) is 13.4. The van der Waals surface area contributed by atoms with Gasteiger partial charge in [0.1, 0.15) is 0 Å². The van der Waals surface area contributed by atoms with Crippen LogP contribution in [-0.4, -0.2) is 19.1 Å². The van der Waals surface area contributed by atoms with Gasteiger partial charge >= 0.3 is 5.97 Å². The van der Waals surface area contributed by atoms with Gasteiger partial charge in [-0.2, -0.15) is 0 Å². The Kier molecular flexibility index (Phi) is 3.57. The lowest BCUT2D eigenvalue weighted by Gasteiger charge is -2.13. The number of hydrogen-bond acceptors (Lipinski definition) is 1. The van der Waals surface area contributed by atoms with Gasteiger partial charge in [0.25, 0.3) is 0 Å². The smallest absolute Gasteiger partial charge is 0.328 e. The lowest BCUT2D eigenvalue weighted by atomic mass is 10.7. The predicted octanol–water partition coefficient (Wildman–Crippen LogP) is 2.27. The third kappa shape index (κ3) is 4.05. The topological polar surface area (TPSA) is 37.3 Å². The van der Waals surface area contributed by atoms with Crippen LogP contribution in [0.1, 0.15) is 0 Å². The Balaban J connectivity index is 4.35. The molecule has 0 aromatic heterocycles. The molecule has 1 N–H and O–H groups in total. The first-order valence-corrected chi connectivity index (χ1v) is 7.52. The van der Waals surface area contributed by atoms with Crippen molar-refractivity contribution in [2.24, 2.45) is 0 Å². The Morgan fingerprint density at radius 2 is 1.90 bits per heavy atom. The van der Waals surface area contributed by atoms with Crippen molar-refractivity contribution in [3.05, 3.63) is 9.28 Å². The molecule has 0 saturated carbocycles. The van der Waals surface area contributed by atoms with Crippen molar-refractivity contribution in [2.45, 2.75) is 19.6 Å². The molecule has 0 rings (SSSR count). The van der Waals surface area contributed by atoms with E-state index in [2.05, 4.69) is 42.2 Å². The fourth-order valence-corrected chi connectivity index (χ4v) is 1.15. The molecule has 0 spiro atoms. The summed E-state index contributed by atoms with van der Waals surface area (Å²) in [6.45, 7) is 6.36. The molecule has 0 aromatic rings. The SMILES string of the molecule is C[Si](C)(C)/C(I)=C/C(=O)O. The van der Waals surface area contributed by atoms with Gasteiger partial charge in [0.2, 0.25) is 0 Å². The van der Waals surface area contributed by atoms with Crippen molar-refractivity contribution in [2.75, 3.05) is 0 Å². The third-order valence-corrected chi connectivity index (χ3v) is 7.71. The molecule has 0 saturated heterocycles. The highest BCUT2D eigenvalue weighted by molar-refractivity contribution is 14.1. The van der Waals surface area contributed by atoms with Gasteiger partial charge < -0.3 is 5.11 Å². The van der Waals surface area contributed by atoms with Crippen LogP contribution < -0.4 is 0 Å². The van der Waals surface area contributed by atoms with Crippen molar-refractivity contribution in [3.63, 3.8) is 0 Å². The molecule has 0 heterocycles. The van der Waals surface area contributed by atoms with E-state index < -0.39 is 14.0 Å². The summed E-state index contributed by atoms with van der Waals surface area (Å²) in [6.07, 6.45) is 1.30. The predicted molar refractivity (Wildman–Crippen MR) is 53.1 cm³/mol. The van der Waals surface area contributed by atoms with Crippen molar-refractivity contribution < 1.29 is 9.90 Å². The van der Waals surface area contributed by atoms with E-state index in [0.717, 1.165) is 3.20 Å². The quantitative estimate of drug-likeness (QED) is 0.475. The maximum absolute atomic E-state index is 10.2. The molecule has 4 heteroatoms. The summed E-state index contributed by atoms with van der Waals surface area (Å²) >= 11 is 2.11. The standard InChI is InChI=1S/C6H11IO2Si/c1-10(2,3)5(7)4-6(8)9/h4H,1-3H3,(H,8,9)/b5-4+. The minimum Gasteiger partial charge on any atom is -0.478 e. The van der Waals surface area contributed by atoms with Crippen molar-refractivity contribution >= 4 is 36.6 Å². The first kappa shape index (κ1) is 10.2. The Morgan fingerprint density at radius 1 is 1.50 bits per heavy atom. The summed E-state index contributed by atoms with van der Waals surface area (Å²) in [4.78, 5) is 10.2. The number of rotatable bonds is 2. The molecular weight excluding hydrogens is 259 g/mol. The van der Waals surface area contributed by atoms with Gasteiger partial charge in [-0.1, -0.05) is 42.2 Å². The lowest BCUT2D eigenvalue weighted by molar-refractivity contribution is -0.131. The van der Waals surface area contributed by atoms with Gasteiger partial charge in [0, 0.05) is 6.08 Å². The first-order chi connectivity index (χ1) is 4.34. The number of carboxylic acid groups (broad SMARTS) is 1. The van der Waals surface area contributed by atoms with Crippen LogP contribution in [0.3, 0.4) is 0 Å². The fourth-order valence-electron chi connectivity index (χ4n) is 0.325. The maximum atomic E-state index is 10.2. The van der Waals surface area contributed by atoms with Crippen molar-refractivity contribution in [1.29, 1.82) is 0 Å². The Hall–Kier alpha value is 0.157. The second-order valence-electron chi connectivity index (χ2n) is 3.08. The number of aliphatic carboxylic acids is 1. The van der Waals surface area contributed by atoms with Crippen LogP contribution in [0.4, 0.5) is 0 Å². The van der Waals surface area contributed by atoms with E-state index in [0.29, 0.717) is 0 Å². The van der Waals surface area contributed by atoms with Gasteiger partial charge in [0.05, 0.1) is 8.07 Å². The van der Waals surface area contributed by atoms with Crippen molar-refractivity contribution in [1.82, 2.24) is 0 Å². The number of hydrogen-bond donors (Lipinski definition) is 1. The van der Waals surface area contributed by atoms with Gasteiger partial charge in [0.15, 0.2) is 0 Å². The van der Waals surface area contributed by atoms with Crippen LogP contribution >= 0.6 is 22.6 Å². The Bertz CT molecular complexity index is 169. The number of carbonyl (C=O) groups is 1. The van der Waals surface area contributed by atoms with Crippen LogP contribution in [0, 0.1) is 0 Å². The molecule has 58 valence electrons. The average molecular weight is 270 g/mol. The monoisotopic (exact) mass is 270 g/mol. The summed E-state index contributed by atoms with van der Waals surface area (Å²) in [7, 11) is -1.36. The zero-order valence-corrected chi connectivity index (χ0v) is 9.47. The van der Waals surface area contributed by atoms with E-state index in [1.54, 1.807) is 0 Å². The van der Waals surface area contributed by atoms with E-state index in [1.807, 2.05) is 0 Å². The highest BCUT2D eigenvalue weighted by atomic mass is 127. The van der Waals surface area contributed by atoms with E-state index in [9.17, 15) is 4.79 Å². The largest absolute Gasteiger partial charge is 0.478 e. The molecule has 0 bridgehead atoms. The summed E-state index contributed by atoms with van der Waals surface area (Å²) in [5, 5.41) is 8.39. The molecule has 0 aromatic carbocycles. The zero-order valence-electron chi connectivity index (χ0n) is 6.31. The highest BCUT2D eigenvalue weighted by Gasteiger charge is 2.17. The molecule has 0 aliphatic carbocycles. The summed E-state index contributed by atoms with van der Waals surface area (Å²) in [6, 6.07) is 0. The molecule has 0 atom stereocenters. The van der Waals surface area contributed by atoms with Crippen LogP contribution in [0.15, 0.2) is 9.28 Å². The van der Waals surface area contributed by atoms with E-state index in [1.165, 1.54) is 6.08 Å². The van der Waals surface area contributed by atoms with E-state index in [4.69, 9.17) is 5.11 Å². The van der Waals surface area contributed by atoms with E-state index in [-0.39, 0.29) is 0 Å². The summed E-state index contributed by atoms with van der Waals surface area (Å²) in [5.41, 5.74) is 0. The molecule has 2 nitrogen and oxygen atoms in total. The molecule has 0 fully saturated rings. The van der Waals surface area contributed by atoms with Crippen LogP contribution in [0.5, 0.6) is 0 Å².